The fraction of sp³-hybridized carbons (Fsp3) is 0.407. The minimum absolute atomic E-state index is 0.0450. The number of ether oxygens (including phenoxy) is 3. The van der Waals surface area contributed by atoms with E-state index in [1.807, 2.05) is 24.3 Å². The lowest BCUT2D eigenvalue weighted by atomic mass is 9.98. The minimum Gasteiger partial charge on any atom is -0.461 e. The maximum atomic E-state index is 13.3. The van der Waals surface area contributed by atoms with Crippen molar-refractivity contribution in [2.24, 2.45) is 0 Å². The van der Waals surface area contributed by atoms with E-state index < -0.39 is 18.4 Å². The first-order valence-electron chi connectivity index (χ1n) is 11.8. The maximum absolute atomic E-state index is 13.3. The van der Waals surface area contributed by atoms with Gasteiger partial charge in [0.1, 0.15) is 12.6 Å². The smallest absolute Gasteiger partial charge is 0.308 e. The third-order valence-electron chi connectivity index (χ3n) is 6.54. The molecule has 1 aliphatic carbocycles. The van der Waals surface area contributed by atoms with Crippen LogP contribution in [0.25, 0.3) is 11.1 Å². The van der Waals surface area contributed by atoms with Crippen molar-refractivity contribution in [2.75, 3.05) is 46.6 Å². The normalized spacial score (nSPS) is 16.9. The Hall–Kier alpha value is -3.04. The summed E-state index contributed by atoms with van der Waals surface area (Å²) in [5.74, 6) is -0.865. The Bertz CT molecular complexity index is 1010. The monoisotopic (exact) mass is 480 g/mol. The highest BCUT2D eigenvalue weighted by Crippen LogP contribution is 2.44. The Labute approximate surface area is 205 Å². The largest absolute Gasteiger partial charge is 0.461 e. The number of fused-ring (bicyclic) bond motifs is 3. The lowest BCUT2D eigenvalue weighted by molar-refractivity contribution is -0.204. The van der Waals surface area contributed by atoms with Gasteiger partial charge in [-0.1, -0.05) is 61.2 Å². The number of rotatable bonds is 10. The molecule has 2 aromatic rings. The summed E-state index contributed by atoms with van der Waals surface area (Å²) in [6.07, 6.45) is -0.136. The van der Waals surface area contributed by atoms with Crippen LogP contribution in [-0.2, 0) is 23.8 Å². The molecule has 8 nitrogen and oxygen atoms in total. The molecule has 1 N–H and O–H groups in total. The van der Waals surface area contributed by atoms with Gasteiger partial charge < -0.3 is 24.2 Å². The van der Waals surface area contributed by atoms with Crippen LogP contribution >= 0.6 is 0 Å². The number of nitrogens with zero attached hydrogens (tertiary/aromatic N) is 2. The second-order valence-electron chi connectivity index (χ2n) is 8.68. The molecule has 1 aliphatic heterocycles. The van der Waals surface area contributed by atoms with E-state index in [4.69, 9.17) is 14.2 Å². The Morgan fingerprint density at radius 3 is 2.34 bits per heavy atom. The average molecular weight is 481 g/mol. The van der Waals surface area contributed by atoms with Crippen LogP contribution < -0.4 is 0 Å². The van der Waals surface area contributed by atoms with E-state index in [0.717, 1.165) is 22.3 Å². The lowest BCUT2D eigenvalue weighted by Gasteiger charge is -2.35. The fourth-order valence-electron chi connectivity index (χ4n) is 4.66. The van der Waals surface area contributed by atoms with Crippen LogP contribution in [0.5, 0.6) is 0 Å². The van der Waals surface area contributed by atoms with Crippen LogP contribution in [0.4, 0.5) is 0 Å². The molecular weight excluding hydrogens is 448 g/mol. The summed E-state index contributed by atoms with van der Waals surface area (Å²) >= 11 is 0. The number of benzene rings is 2. The Kier molecular flexibility index (Phi) is 8.30. The number of carbonyl (C=O) groups is 2. The van der Waals surface area contributed by atoms with Gasteiger partial charge >= 0.3 is 5.97 Å². The molecule has 0 saturated carbocycles. The van der Waals surface area contributed by atoms with Gasteiger partial charge in [0.15, 0.2) is 0 Å². The van der Waals surface area contributed by atoms with Crippen molar-refractivity contribution in [3.63, 3.8) is 0 Å². The van der Waals surface area contributed by atoms with E-state index >= 15 is 0 Å². The van der Waals surface area contributed by atoms with Gasteiger partial charge in [-0.25, -0.2) is 4.90 Å². The summed E-state index contributed by atoms with van der Waals surface area (Å²) in [6, 6.07) is 15.4. The molecule has 186 valence electrons. The van der Waals surface area contributed by atoms with Gasteiger partial charge in [0.2, 0.25) is 12.3 Å². The highest BCUT2D eigenvalue weighted by molar-refractivity contribution is 5.86. The molecule has 8 heteroatoms. The highest BCUT2D eigenvalue weighted by atomic mass is 16.6. The van der Waals surface area contributed by atoms with E-state index in [-0.39, 0.29) is 31.5 Å². The molecule has 2 aliphatic rings. The summed E-state index contributed by atoms with van der Waals surface area (Å²) in [6.45, 7) is 5.54. The molecule has 1 heterocycles. The van der Waals surface area contributed by atoms with Crippen molar-refractivity contribution in [3.05, 3.63) is 72.3 Å². The van der Waals surface area contributed by atoms with E-state index in [1.54, 1.807) is 11.9 Å². The number of likely N-dealkylation sites (N-methyl/N-ethyl adjacent to an activating group) is 1. The van der Waals surface area contributed by atoms with E-state index in [9.17, 15) is 14.7 Å². The number of amides is 1. The molecule has 0 spiro atoms. The number of hydrogen-bond donors (Lipinski definition) is 1. The molecule has 35 heavy (non-hydrogen) atoms. The van der Waals surface area contributed by atoms with Gasteiger partial charge in [-0.15, -0.1) is 0 Å². The van der Waals surface area contributed by atoms with Gasteiger partial charge in [-0.2, -0.15) is 0 Å². The molecule has 0 bridgehead atoms. The number of carbonyl (C=O) groups excluding carboxylic acids is 2. The van der Waals surface area contributed by atoms with Gasteiger partial charge in [-0.3, -0.25) is 9.59 Å². The van der Waals surface area contributed by atoms with Crippen LogP contribution in [0.3, 0.4) is 0 Å². The third-order valence-corrected chi connectivity index (χ3v) is 6.54. The zero-order chi connectivity index (χ0) is 24.8. The molecule has 2 atom stereocenters. The van der Waals surface area contributed by atoms with Crippen LogP contribution in [0.15, 0.2) is 61.2 Å². The SMILES string of the molecule is C=CCOC(=O)C[C@@H](C(=O)N1CCOCC1)N(C)C(O)OCC1c2ccccc2-c2ccccc21. The molecule has 1 fully saturated rings. The molecule has 1 unspecified atom stereocenters. The fourth-order valence-corrected chi connectivity index (χ4v) is 4.66. The summed E-state index contributed by atoms with van der Waals surface area (Å²) in [4.78, 5) is 28.7. The predicted octanol–water partition coefficient (Wildman–Crippen LogP) is 2.37. The average Bonchev–Trinajstić information content (AvgIpc) is 3.22. The van der Waals surface area contributed by atoms with Crippen molar-refractivity contribution < 1.29 is 28.9 Å². The summed E-state index contributed by atoms with van der Waals surface area (Å²) in [5.41, 5.74) is 4.59. The Morgan fingerprint density at radius 2 is 1.74 bits per heavy atom. The van der Waals surface area contributed by atoms with E-state index in [1.165, 1.54) is 11.0 Å². The molecule has 0 aromatic heterocycles. The summed E-state index contributed by atoms with van der Waals surface area (Å²) in [5, 5.41) is 10.9. The summed E-state index contributed by atoms with van der Waals surface area (Å²) < 4.78 is 16.3. The topological polar surface area (TPSA) is 88.5 Å². The van der Waals surface area contributed by atoms with Crippen LogP contribution in [0.1, 0.15) is 23.5 Å². The minimum atomic E-state index is -1.39. The van der Waals surface area contributed by atoms with Crippen LogP contribution in [0.2, 0.25) is 0 Å². The molecule has 4 rings (SSSR count). The highest BCUT2D eigenvalue weighted by Gasteiger charge is 2.36. The third kappa shape index (κ3) is 5.62. The first-order valence-corrected chi connectivity index (χ1v) is 11.8. The quantitative estimate of drug-likeness (QED) is 0.317. The molecule has 1 saturated heterocycles. The van der Waals surface area contributed by atoms with Crippen molar-refractivity contribution in [2.45, 2.75) is 24.8 Å². The van der Waals surface area contributed by atoms with Crippen LogP contribution in [0, 0.1) is 0 Å². The van der Waals surface area contributed by atoms with Crippen molar-refractivity contribution in [1.82, 2.24) is 9.80 Å². The predicted molar refractivity (Wildman–Crippen MR) is 130 cm³/mol. The number of aliphatic hydroxyl groups excluding tert-OH is 1. The summed E-state index contributed by atoms with van der Waals surface area (Å²) in [7, 11) is 1.57. The van der Waals surface area contributed by atoms with E-state index in [0.29, 0.717) is 26.3 Å². The molecule has 1 amide bonds. The van der Waals surface area contributed by atoms with E-state index in [2.05, 4.69) is 30.8 Å². The number of hydrogen-bond acceptors (Lipinski definition) is 7. The van der Waals surface area contributed by atoms with Crippen molar-refractivity contribution >= 4 is 11.9 Å². The molecule has 2 aromatic carbocycles. The number of aliphatic hydroxyl groups is 1. The van der Waals surface area contributed by atoms with Crippen molar-refractivity contribution in [1.29, 1.82) is 0 Å². The lowest BCUT2D eigenvalue weighted by Crippen LogP contribution is -2.54. The Balaban J connectivity index is 1.47. The van der Waals surface area contributed by atoms with Crippen LogP contribution in [-0.4, -0.2) is 85.8 Å². The zero-order valence-corrected chi connectivity index (χ0v) is 20.0. The van der Waals surface area contributed by atoms with Gasteiger partial charge in [0.25, 0.3) is 0 Å². The van der Waals surface area contributed by atoms with Gasteiger partial charge in [-0.05, 0) is 29.3 Å². The number of esters is 1. The molecule has 0 radical (unpaired) electrons. The standard InChI is InChI=1S/C27H32N2O6/c1-3-14-34-25(30)17-24(26(31)29-12-15-33-16-13-29)28(2)27(32)35-18-23-21-10-6-4-8-19(21)20-9-5-7-11-22(20)23/h3-11,23-24,27,32H,1,12-18H2,2H3/t24-,27?/m0/s1. The van der Waals surface area contributed by atoms with Gasteiger partial charge in [0, 0.05) is 19.0 Å². The Morgan fingerprint density at radius 1 is 1.14 bits per heavy atom. The number of morpholine rings is 1. The first-order chi connectivity index (χ1) is 17.0. The maximum Gasteiger partial charge on any atom is 0.308 e. The molecular formula is C27H32N2O6. The van der Waals surface area contributed by atoms with Crippen molar-refractivity contribution in [3.8, 4) is 11.1 Å². The zero-order valence-electron chi connectivity index (χ0n) is 20.0. The second-order valence-corrected chi connectivity index (χ2v) is 8.68. The first kappa shape index (κ1) is 25.1. The second kappa shape index (κ2) is 11.6. The van der Waals surface area contributed by atoms with Gasteiger partial charge in [0.05, 0.1) is 26.2 Å².